The predicted octanol–water partition coefficient (Wildman–Crippen LogP) is 0.831. The highest BCUT2D eigenvalue weighted by molar-refractivity contribution is 4.85. The minimum absolute atomic E-state index is 0.439. The summed E-state index contributed by atoms with van der Waals surface area (Å²) in [6.07, 6.45) is 2.10. The molecule has 0 aromatic heterocycles. The Morgan fingerprint density at radius 2 is 2.21 bits per heavy atom. The molecule has 1 rings (SSSR count). The molecule has 1 fully saturated rings. The zero-order chi connectivity index (χ0) is 10.6. The van der Waals surface area contributed by atoms with Crippen LogP contribution in [0.3, 0.4) is 0 Å². The highest BCUT2D eigenvalue weighted by Gasteiger charge is 2.30. The lowest BCUT2D eigenvalue weighted by Gasteiger charge is -2.19. The molecule has 14 heavy (non-hydrogen) atoms. The van der Waals surface area contributed by atoms with Crippen molar-refractivity contribution in [2.75, 3.05) is 26.2 Å². The van der Waals surface area contributed by atoms with E-state index in [1.165, 1.54) is 6.42 Å². The van der Waals surface area contributed by atoms with Gasteiger partial charge in [0.05, 0.1) is 5.60 Å². The van der Waals surface area contributed by atoms with Crippen LogP contribution < -0.4 is 5.32 Å². The Labute approximate surface area is 87.5 Å². The molecule has 0 aliphatic carbocycles. The molecule has 1 atom stereocenters. The number of likely N-dealkylation sites (tertiary alicyclic amines) is 1. The van der Waals surface area contributed by atoms with Crippen molar-refractivity contribution in [2.45, 2.75) is 45.3 Å². The summed E-state index contributed by atoms with van der Waals surface area (Å²) in [5.41, 5.74) is -0.439. The molecule has 1 aliphatic rings. The average molecular weight is 200 g/mol. The average Bonchev–Trinajstić information content (AvgIpc) is 2.39. The molecule has 1 aliphatic heterocycles. The van der Waals surface area contributed by atoms with Gasteiger partial charge in [-0.15, -0.1) is 0 Å². The molecule has 1 heterocycles. The van der Waals surface area contributed by atoms with Crippen LogP contribution >= 0.6 is 0 Å². The van der Waals surface area contributed by atoms with Crippen LogP contribution in [0.25, 0.3) is 0 Å². The minimum atomic E-state index is -0.439. The highest BCUT2D eigenvalue weighted by atomic mass is 16.3. The van der Waals surface area contributed by atoms with Crippen LogP contribution in [0.2, 0.25) is 0 Å². The Morgan fingerprint density at radius 1 is 1.50 bits per heavy atom. The van der Waals surface area contributed by atoms with E-state index in [4.69, 9.17) is 0 Å². The molecule has 0 spiro atoms. The van der Waals surface area contributed by atoms with Gasteiger partial charge in [0, 0.05) is 19.1 Å². The second kappa shape index (κ2) is 5.10. The van der Waals surface area contributed by atoms with E-state index in [0.29, 0.717) is 6.04 Å². The number of hydrogen-bond acceptors (Lipinski definition) is 3. The number of β-amino-alcohol motifs (C(OH)–C–C–N with tert-alkyl or cyclic N) is 1. The molecule has 3 nitrogen and oxygen atoms in total. The first-order valence-corrected chi connectivity index (χ1v) is 5.68. The van der Waals surface area contributed by atoms with Crippen molar-refractivity contribution >= 4 is 0 Å². The van der Waals surface area contributed by atoms with Crippen LogP contribution in [0, 0.1) is 0 Å². The van der Waals surface area contributed by atoms with Gasteiger partial charge in [-0.2, -0.15) is 0 Å². The number of aliphatic hydroxyl groups is 1. The van der Waals surface area contributed by atoms with Gasteiger partial charge in [-0.05, 0) is 32.9 Å². The fourth-order valence-corrected chi connectivity index (χ4v) is 1.92. The molecule has 0 radical (unpaired) electrons. The topological polar surface area (TPSA) is 35.5 Å². The van der Waals surface area contributed by atoms with Crippen LogP contribution in [-0.4, -0.2) is 47.8 Å². The first-order chi connectivity index (χ1) is 6.49. The zero-order valence-electron chi connectivity index (χ0n) is 9.71. The normalized spacial score (nSPS) is 28.9. The molecular weight excluding hydrogens is 176 g/mol. The molecule has 3 heteroatoms. The van der Waals surface area contributed by atoms with E-state index in [0.717, 1.165) is 32.6 Å². The van der Waals surface area contributed by atoms with Crippen molar-refractivity contribution in [1.29, 1.82) is 0 Å². The summed E-state index contributed by atoms with van der Waals surface area (Å²) in [6.45, 7) is 10.3. The summed E-state index contributed by atoms with van der Waals surface area (Å²) in [4.78, 5) is 2.35. The summed E-state index contributed by atoms with van der Waals surface area (Å²) in [6, 6.07) is 0.580. The first kappa shape index (κ1) is 12.0. The number of hydrogen-bond donors (Lipinski definition) is 2. The molecule has 1 unspecified atom stereocenters. The zero-order valence-corrected chi connectivity index (χ0v) is 9.71. The smallest absolute Gasteiger partial charge is 0.0758 e. The maximum Gasteiger partial charge on any atom is 0.0758 e. The van der Waals surface area contributed by atoms with Crippen LogP contribution in [0.1, 0.15) is 33.6 Å². The number of nitrogens with one attached hydrogen (secondary N) is 1. The lowest BCUT2D eigenvalue weighted by atomic mass is 10.1. The van der Waals surface area contributed by atoms with Crippen molar-refractivity contribution in [3.8, 4) is 0 Å². The fraction of sp³-hybridized carbons (Fsp3) is 1.00. The lowest BCUT2D eigenvalue weighted by Crippen LogP contribution is -2.32. The van der Waals surface area contributed by atoms with E-state index in [2.05, 4.69) is 24.1 Å². The Morgan fingerprint density at radius 3 is 2.71 bits per heavy atom. The largest absolute Gasteiger partial charge is 0.389 e. The highest BCUT2D eigenvalue weighted by Crippen LogP contribution is 2.19. The van der Waals surface area contributed by atoms with E-state index >= 15 is 0 Å². The third kappa shape index (κ3) is 4.40. The summed E-state index contributed by atoms with van der Waals surface area (Å²) < 4.78 is 0. The van der Waals surface area contributed by atoms with Crippen molar-refractivity contribution in [2.24, 2.45) is 0 Å². The maximum atomic E-state index is 9.75. The van der Waals surface area contributed by atoms with E-state index in [1.807, 2.05) is 6.92 Å². The van der Waals surface area contributed by atoms with Gasteiger partial charge in [-0.25, -0.2) is 0 Å². The molecule has 1 saturated heterocycles. The van der Waals surface area contributed by atoms with Gasteiger partial charge < -0.3 is 15.3 Å². The van der Waals surface area contributed by atoms with Crippen molar-refractivity contribution in [3.05, 3.63) is 0 Å². The Bertz CT molecular complexity index is 169. The molecule has 0 bridgehead atoms. The summed E-state index contributed by atoms with van der Waals surface area (Å²) in [5.74, 6) is 0. The van der Waals surface area contributed by atoms with Gasteiger partial charge in [0.25, 0.3) is 0 Å². The van der Waals surface area contributed by atoms with Crippen LogP contribution in [0.15, 0.2) is 0 Å². The second-order valence-corrected chi connectivity index (χ2v) is 4.99. The molecule has 0 aromatic carbocycles. The van der Waals surface area contributed by atoms with E-state index in [-0.39, 0.29) is 0 Å². The predicted molar refractivity (Wildman–Crippen MR) is 59.4 cm³/mol. The van der Waals surface area contributed by atoms with Gasteiger partial charge in [0.2, 0.25) is 0 Å². The van der Waals surface area contributed by atoms with Gasteiger partial charge in [-0.3, -0.25) is 0 Å². The van der Waals surface area contributed by atoms with Crippen LogP contribution in [0.4, 0.5) is 0 Å². The standard InChI is InChI=1S/C11H24N2O/c1-10(2)12-6-4-7-13-8-5-11(3,14)9-13/h10,12,14H,4-9H2,1-3H3. The number of nitrogens with zero attached hydrogens (tertiary/aromatic N) is 1. The Kier molecular flexibility index (Phi) is 4.35. The summed E-state index contributed by atoms with van der Waals surface area (Å²) in [5, 5.41) is 13.2. The molecule has 84 valence electrons. The number of rotatable bonds is 5. The van der Waals surface area contributed by atoms with Crippen molar-refractivity contribution < 1.29 is 5.11 Å². The Hall–Kier alpha value is -0.120. The molecule has 2 N–H and O–H groups in total. The van der Waals surface area contributed by atoms with Gasteiger partial charge in [-0.1, -0.05) is 13.8 Å². The molecule has 0 aromatic rings. The van der Waals surface area contributed by atoms with Gasteiger partial charge in [0.1, 0.15) is 0 Å². The van der Waals surface area contributed by atoms with Gasteiger partial charge >= 0.3 is 0 Å². The quantitative estimate of drug-likeness (QED) is 0.645. The fourth-order valence-electron chi connectivity index (χ4n) is 1.92. The third-order valence-corrected chi connectivity index (χ3v) is 2.73. The van der Waals surface area contributed by atoms with E-state index in [9.17, 15) is 5.11 Å². The maximum absolute atomic E-state index is 9.75. The summed E-state index contributed by atoms with van der Waals surface area (Å²) >= 11 is 0. The third-order valence-electron chi connectivity index (χ3n) is 2.73. The monoisotopic (exact) mass is 200 g/mol. The SMILES string of the molecule is CC(C)NCCCN1CCC(C)(O)C1. The van der Waals surface area contributed by atoms with E-state index < -0.39 is 5.60 Å². The second-order valence-electron chi connectivity index (χ2n) is 4.99. The molecule has 0 amide bonds. The van der Waals surface area contributed by atoms with Crippen LogP contribution in [0.5, 0.6) is 0 Å². The van der Waals surface area contributed by atoms with Crippen molar-refractivity contribution in [3.63, 3.8) is 0 Å². The van der Waals surface area contributed by atoms with Crippen LogP contribution in [-0.2, 0) is 0 Å². The first-order valence-electron chi connectivity index (χ1n) is 5.68. The van der Waals surface area contributed by atoms with E-state index in [1.54, 1.807) is 0 Å². The van der Waals surface area contributed by atoms with Crippen molar-refractivity contribution in [1.82, 2.24) is 10.2 Å². The minimum Gasteiger partial charge on any atom is -0.389 e. The molecular formula is C11H24N2O. The van der Waals surface area contributed by atoms with Gasteiger partial charge in [0.15, 0.2) is 0 Å². The lowest BCUT2D eigenvalue weighted by molar-refractivity contribution is 0.0686. The Balaban J connectivity index is 2.03. The molecule has 0 saturated carbocycles. The summed E-state index contributed by atoms with van der Waals surface area (Å²) in [7, 11) is 0.